The van der Waals surface area contributed by atoms with Crippen LogP contribution in [-0.4, -0.2) is 44.2 Å². The number of aryl methyl sites for hydroxylation is 1. The van der Waals surface area contributed by atoms with Crippen molar-refractivity contribution < 1.29 is 14.3 Å². The third-order valence-electron chi connectivity index (χ3n) is 4.95. The standard InChI is InChI=1S/C19H23N5O3/c1-2-24-8-7-20-18(24)17(15-11-26-9-6-16(15)25)22-14-5-3-4-13(10-14)19-23-21-12-27-19/h3-5,7-8,10,12,15-17,22,25H,2,6,9,11H2,1H3/t15-,16+,17+/m1/s1. The molecule has 2 N–H and O–H groups in total. The van der Waals surface area contributed by atoms with Crippen molar-refractivity contribution >= 4 is 5.69 Å². The van der Waals surface area contributed by atoms with E-state index in [1.54, 1.807) is 6.20 Å². The van der Waals surface area contributed by atoms with Crippen molar-refractivity contribution in [2.75, 3.05) is 18.5 Å². The Kier molecular flexibility index (Phi) is 5.17. The number of rotatable bonds is 6. The number of aromatic nitrogens is 4. The summed E-state index contributed by atoms with van der Waals surface area (Å²) in [6, 6.07) is 7.59. The molecule has 1 aliphatic heterocycles. The van der Waals surface area contributed by atoms with Crippen LogP contribution < -0.4 is 5.32 Å². The first kappa shape index (κ1) is 17.7. The highest BCUT2D eigenvalue weighted by atomic mass is 16.5. The number of hydrogen-bond donors (Lipinski definition) is 2. The molecule has 27 heavy (non-hydrogen) atoms. The molecule has 1 fully saturated rings. The van der Waals surface area contributed by atoms with Crippen LogP contribution in [0.2, 0.25) is 0 Å². The SMILES string of the molecule is CCn1ccnc1[C@@H](Nc1cccc(-c2nnco2)c1)[C@@H]1COCC[C@@H]1O. The normalized spacial score (nSPS) is 21.1. The van der Waals surface area contributed by atoms with Gasteiger partial charge in [0.2, 0.25) is 12.3 Å². The zero-order valence-electron chi connectivity index (χ0n) is 15.2. The number of hydrogen-bond acceptors (Lipinski definition) is 7. The highest BCUT2D eigenvalue weighted by Gasteiger charge is 2.34. The second-order valence-electron chi connectivity index (χ2n) is 6.61. The number of imidazole rings is 1. The van der Waals surface area contributed by atoms with Crippen molar-refractivity contribution in [3.05, 3.63) is 48.9 Å². The van der Waals surface area contributed by atoms with E-state index in [0.717, 1.165) is 23.6 Å². The molecule has 0 amide bonds. The van der Waals surface area contributed by atoms with E-state index in [1.165, 1.54) is 6.39 Å². The fraction of sp³-hybridized carbons (Fsp3) is 0.421. The van der Waals surface area contributed by atoms with Gasteiger partial charge in [-0.15, -0.1) is 10.2 Å². The predicted molar refractivity (Wildman–Crippen MR) is 98.9 cm³/mol. The van der Waals surface area contributed by atoms with Crippen LogP contribution in [-0.2, 0) is 11.3 Å². The zero-order valence-corrected chi connectivity index (χ0v) is 15.2. The Labute approximate surface area is 157 Å². The summed E-state index contributed by atoms with van der Waals surface area (Å²) in [6.07, 6.45) is 5.23. The molecule has 0 bridgehead atoms. The van der Waals surface area contributed by atoms with Gasteiger partial charge >= 0.3 is 0 Å². The van der Waals surface area contributed by atoms with Crippen LogP contribution in [0.25, 0.3) is 11.5 Å². The van der Waals surface area contributed by atoms with Gasteiger partial charge in [0.1, 0.15) is 5.82 Å². The first-order chi connectivity index (χ1) is 13.3. The number of benzene rings is 1. The monoisotopic (exact) mass is 369 g/mol. The number of nitrogens with zero attached hydrogens (tertiary/aromatic N) is 4. The Morgan fingerprint density at radius 3 is 3.11 bits per heavy atom. The summed E-state index contributed by atoms with van der Waals surface area (Å²) in [5, 5.41) is 21.8. The molecule has 1 aromatic carbocycles. The number of aliphatic hydroxyl groups is 1. The second kappa shape index (κ2) is 7.89. The summed E-state index contributed by atoms with van der Waals surface area (Å²) in [5.74, 6) is 1.25. The molecule has 0 saturated carbocycles. The maximum Gasteiger partial charge on any atom is 0.247 e. The van der Waals surface area contributed by atoms with E-state index >= 15 is 0 Å². The number of ether oxygens (including phenoxy) is 1. The van der Waals surface area contributed by atoms with E-state index in [1.807, 2.05) is 30.5 Å². The van der Waals surface area contributed by atoms with Crippen molar-refractivity contribution in [1.29, 1.82) is 0 Å². The van der Waals surface area contributed by atoms with Gasteiger partial charge in [0, 0.05) is 42.7 Å². The van der Waals surface area contributed by atoms with Crippen molar-refractivity contribution in [3.63, 3.8) is 0 Å². The van der Waals surface area contributed by atoms with Gasteiger partial charge < -0.3 is 24.1 Å². The largest absolute Gasteiger partial charge is 0.423 e. The van der Waals surface area contributed by atoms with Crippen LogP contribution in [0.5, 0.6) is 0 Å². The first-order valence-electron chi connectivity index (χ1n) is 9.16. The van der Waals surface area contributed by atoms with Gasteiger partial charge in [-0.25, -0.2) is 4.98 Å². The summed E-state index contributed by atoms with van der Waals surface area (Å²) in [4.78, 5) is 4.56. The number of nitrogens with one attached hydrogen (secondary N) is 1. The molecule has 3 aromatic rings. The topological polar surface area (TPSA) is 98.2 Å². The Hall–Kier alpha value is -2.71. The van der Waals surface area contributed by atoms with Gasteiger partial charge in [0.25, 0.3) is 0 Å². The van der Waals surface area contributed by atoms with Crippen LogP contribution in [0.15, 0.2) is 47.5 Å². The second-order valence-corrected chi connectivity index (χ2v) is 6.61. The fourth-order valence-electron chi connectivity index (χ4n) is 3.52. The molecule has 0 spiro atoms. The van der Waals surface area contributed by atoms with Gasteiger partial charge in [0.15, 0.2) is 0 Å². The molecule has 142 valence electrons. The Morgan fingerprint density at radius 1 is 1.41 bits per heavy atom. The van der Waals surface area contributed by atoms with E-state index in [4.69, 9.17) is 9.15 Å². The Morgan fingerprint density at radius 2 is 2.33 bits per heavy atom. The van der Waals surface area contributed by atoms with E-state index < -0.39 is 6.10 Å². The van der Waals surface area contributed by atoms with Gasteiger partial charge in [0.05, 0.1) is 18.8 Å². The molecule has 1 saturated heterocycles. The molecule has 0 aliphatic carbocycles. The van der Waals surface area contributed by atoms with Gasteiger partial charge in [-0.3, -0.25) is 0 Å². The number of anilines is 1. The minimum atomic E-state index is -0.447. The summed E-state index contributed by atoms with van der Waals surface area (Å²) >= 11 is 0. The van der Waals surface area contributed by atoms with Crippen molar-refractivity contribution in [2.24, 2.45) is 5.92 Å². The van der Waals surface area contributed by atoms with Crippen LogP contribution in [0.3, 0.4) is 0 Å². The molecule has 3 heterocycles. The Balaban J connectivity index is 1.66. The minimum absolute atomic E-state index is 0.0986. The molecular weight excluding hydrogens is 346 g/mol. The summed E-state index contributed by atoms with van der Waals surface area (Å²) < 4.78 is 13.0. The van der Waals surface area contributed by atoms with Crippen molar-refractivity contribution in [3.8, 4) is 11.5 Å². The summed E-state index contributed by atoms with van der Waals surface area (Å²) in [7, 11) is 0. The van der Waals surface area contributed by atoms with E-state index in [9.17, 15) is 5.11 Å². The summed E-state index contributed by atoms with van der Waals surface area (Å²) in [6.45, 7) is 3.95. The third kappa shape index (κ3) is 3.72. The molecule has 0 unspecified atom stereocenters. The predicted octanol–water partition coefficient (Wildman–Crippen LogP) is 2.50. The van der Waals surface area contributed by atoms with E-state index in [-0.39, 0.29) is 12.0 Å². The van der Waals surface area contributed by atoms with Crippen LogP contribution in [0.1, 0.15) is 25.2 Å². The van der Waals surface area contributed by atoms with Crippen LogP contribution in [0, 0.1) is 5.92 Å². The molecule has 2 aromatic heterocycles. The average molecular weight is 369 g/mol. The smallest absolute Gasteiger partial charge is 0.247 e. The lowest BCUT2D eigenvalue weighted by atomic mass is 9.90. The zero-order chi connectivity index (χ0) is 18.6. The highest BCUT2D eigenvalue weighted by molar-refractivity contribution is 5.61. The van der Waals surface area contributed by atoms with Gasteiger partial charge in [-0.1, -0.05) is 6.07 Å². The molecule has 1 aliphatic rings. The van der Waals surface area contributed by atoms with E-state index in [0.29, 0.717) is 25.5 Å². The molecule has 0 radical (unpaired) electrons. The van der Waals surface area contributed by atoms with Gasteiger partial charge in [-0.05, 0) is 31.5 Å². The van der Waals surface area contributed by atoms with E-state index in [2.05, 4.69) is 32.0 Å². The van der Waals surface area contributed by atoms with Gasteiger partial charge in [-0.2, -0.15) is 0 Å². The highest BCUT2D eigenvalue weighted by Crippen LogP contribution is 2.33. The lowest BCUT2D eigenvalue weighted by Crippen LogP contribution is -2.39. The van der Waals surface area contributed by atoms with Crippen molar-refractivity contribution in [2.45, 2.75) is 32.0 Å². The fourth-order valence-corrected chi connectivity index (χ4v) is 3.52. The third-order valence-corrected chi connectivity index (χ3v) is 4.95. The molecule has 8 nitrogen and oxygen atoms in total. The number of aliphatic hydroxyl groups excluding tert-OH is 1. The quantitative estimate of drug-likeness (QED) is 0.689. The lowest BCUT2D eigenvalue weighted by Gasteiger charge is -2.35. The lowest BCUT2D eigenvalue weighted by molar-refractivity contribution is -0.0435. The maximum atomic E-state index is 10.6. The molecule has 8 heteroatoms. The maximum absolute atomic E-state index is 10.6. The molecule has 3 atom stereocenters. The Bertz CT molecular complexity index is 864. The summed E-state index contributed by atoms with van der Waals surface area (Å²) in [5.41, 5.74) is 1.72. The molecule has 4 rings (SSSR count). The minimum Gasteiger partial charge on any atom is -0.423 e. The average Bonchev–Trinajstić information content (AvgIpc) is 3.39. The molecular formula is C19H23N5O3. The first-order valence-corrected chi connectivity index (χ1v) is 9.16. The van der Waals surface area contributed by atoms with Crippen molar-refractivity contribution in [1.82, 2.24) is 19.7 Å². The van der Waals surface area contributed by atoms with Crippen LogP contribution >= 0.6 is 0 Å². The van der Waals surface area contributed by atoms with Crippen LogP contribution in [0.4, 0.5) is 5.69 Å².